The molecule has 1 aliphatic heterocycles. The largest absolute Gasteiger partial charge is 0.314 e. The van der Waals surface area contributed by atoms with Crippen molar-refractivity contribution in [2.45, 2.75) is 12.5 Å². The molecule has 2 rings (SSSR count). The number of hydrogen-bond donors (Lipinski definition) is 1. The van der Waals surface area contributed by atoms with Crippen molar-refractivity contribution < 1.29 is 0 Å². The van der Waals surface area contributed by atoms with Crippen LogP contribution < -0.4 is 5.32 Å². The van der Waals surface area contributed by atoms with E-state index in [9.17, 15) is 0 Å². The fourth-order valence-corrected chi connectivity index (χ4v) is 2.65. The van der Waals surface area contributed by atoms with Gasteiger partial charge in [-0.15, -0.1) is 6.58 Å². The molecular formula is C13H18BrN3. The van der Waals surface area contributed by atoms with Crippen molar-refractivity contribution >= 4 is 15.9 Å². The van der Waals surface area contributed by atoms with Gasteiger partial charge in [-0.05, 0) is 40.0 Å². The molecule has 1 fully saturated rings. The Morgan fingerprint density at radius 1 is 1.53 bits per heavy atom. The molecule has 0 amide bonds. The number of pyridine rings is 1. The van der Waals surface area contributed by atoms with Gasteiger partial charge in [0.15, 0.2) is 0 Å². The number of rotatable bonds is 4. The quantitative estimate of drug-likeness (QED) is 0.683. The lowest BCUT2D eigenvalue weighted by molar-refractivity contribution is 0.174. The van der Waals surface area contributed by atoms with Gasteiger partial charge >= 0.3 is 0 Å². The van der Waals surface area contributed by atoms with Gasteiger partial charge in [0.25, 0.3) is 0 Å². The molecule has 1 atom stereocenters. The summed E-state index contributed by atoms with van der Waals surface area (Å²) in [6, 6.07) is 4.63. The van der Waals surface area contributed by atoms with Crippen LogP contribution in [0.5, 0.6) is 0 Å². The zero-order valence-corrected chi connectivity index (χ0v) is 11.5. The van der Waals surface area contributed by atoms with Crippen molar-refractivity contribution in [1.29, 1.82) is 0 Å². The minimum atomic E-state index is 0.425. The third-order valence-electron chi connectivity index (χ3n) is 3.12. The molecule has 1 aliphatic rings. The SMILES string of the molecule is C=CC[C@H](c1ccnc(Br)c1)N1CCNCC1. The molecule has 92 valence electrons. The Balaban J connectivity index is 2.18. The first-order valence-electron chi connectivity index (χ1n) is 5.98. The number of nitrogens with zero attached hydrogens (tertiary/aromatic N) is 2. The lowest BCUT2D eigenvalue weighted by Gasteiger charge is -2.34. The second-order valence-electron chi connectivity index (χ2n) is 4.24. The minimum Gasteiger partial charge on any atom is -0.314 e. The van der Waals surface area contributed by atoms with E-state index in [-0.39, 0.29) is 0 Å². The van der Waals surface area contributed by atoms with Crippen LogP contribution in [-0.4, -0.2) is 36.1 Å². The number of aromatic nitrogens is 1. The fourth-order valence-electron chi connectivity index (χ4n) is 2.27. The molecule has 0 unspecified atom stereocenters. The Bertz CT molecular complexity index is 375. The van der Waals surface area contributed by atoms with Crippen molar-refractivity contribution in [3.8, 4) is 0 Å². The number of nitrogens with one attached hydrogen (secondary N) is 1. The summed E-state index contributed by atoms with van der Waals surface area (Å²) in [5.74, 6) is 0. The number of hydrogen-bond acceptors (Lipinski definition) is 3. The van der Waals surface area contributed by atoms with E-state index in [0.29, 0.717) is 6.04 Å². The molecule has 1 aromatic rings. The zero-order chi connectivity index (χ0) is 12.1. The number of halogens is 1. The third kappa shape index (κ3) is 3.37. The maximum absolute atomic E-state index is 4.19. The summed E-state index contributed by atoms with van der Waals surface area (Å²) in [5.41, 5.74) is 1.31. The fraction of sp³-hybridized carbons (Fsp3) is 0.462. The molecule has 0 spiro atoms. The average molecular weight is 296 g/mol. The maximum Gasteiger partial charge on any atom is 0.106 e. The standard InChI is InChI=1S/C13H18BrN3/c1-2-3-12(17-8-6-15-7-9-17)11-4-5-16-13(14)10-11/h2,4-5,10,12,15H,1,3,6-9H2/t12-/m1/s1. The van der Waals surface area contributed by atoms with Gasteiger partial charge in [-0.3, -0.25) is 4.90 Å². The van der Waals surface area contributed by atoms with Crippen LogP contribution in [-0.2, 0) is 0 Å². The van der Waals surface area contributed by atoms with Crippen LogP contribution >= 0.6 is 15.9 Å². The van der Waals surface area contributed by atoms with E-state index in [4.69, 9.17) is 0 Å². The van der Waals surface area contributed by atoms with Gasteiger partial charge in [0.1, 0.15) is 4.60 Å². The molecule has 1 N–H and O–H groups in total. The number of piperazine rings is 1. The molecule has 4 heteroatoms. The van der Waals surface area contributed by atoms with Crippen LogP contribution in [0.15, 0.2) is 35.6 Å². The first kappa shape index (κ1) is 12.7. The summed E-state index contributed by atoms with van der Waals surface area (Å²) in [6.45, 7) is 8.20. The molecule has 0 saturated carbocycles. The van der Waals surface area contributed by atoms with Crippen LogP contribution in [0.4, 0.5) is 0 Å². The Labute approximate surface area is 111 Å². The second kappa shape index (κ2) is 6.28. The van der Waals surface area contributed by atoms with Crippen molar-refractivity contribution in [2.75, 3.05) is 26.2 Å². The van der Waals surface area contributed by atoms with Crippen molar-refractivity contribution in [3.05, 3.63) is 41.2 Å². The molecule has 1 aromatic heterocycles. The highest BCUT2D eigenvalue weighted by Gasteiger charge is 2.21. The van der Waals surface area contributed by atoms with E-state index in [1.165, 1.54) is 5.56 Å². The molecule has 0 aliphatic carbocycles. The normalized spacial score (nSPS) is 18.9. The Kier molecular flexibility index (Phi) is 4.71. The van der Waals surface area contributed by atoms with Gasteiger partial charge in [0.05, 0.1) is 0 Å². The Morgan fingerprint density at radius 2 is 2.29 bits per heavy atom. The molecule has 1 saturated heterocycles. The van der Waals surface area contributed by atoms with Gasteiger partial charge in [0.2, 0.25) is 0 Å². The first-order valence-corrected chi connectivity index (χ1v) is 6.77. The van der Waals surface area contributed by atoms with Gasteiger partial charge in [-0.25, -0.2) is 4.98 Å². The van der Waals surface area contributed by atoms with Crippen molar-refractivity contribution in [1.82, 2.24) is 15.2 Å². The van der Waals surface area contributed by atoms with Crippen LogP contribution in [0.3, 0.4) is 0 Å². The van der Waals surface area contributed by atoms with Gasteiger partial charge < -0.3 is 5.32 Å². The zero-order valence-electron chi connectivity index (χ0n) is 9.90. The molecule has 0 bridgehead atoms. The molecule has 3 nitrogen and oxygen atoms in total. The van der Waals surface area contributed by atoms with Gasteiger partial charge in [-0.1, -0.05) is 6.08 Å². The predicted octanol–water partition coefficient (Wildman–Crippen LogP) is 2.37. The highest BCUT2D eigenvalue weighted by Crippen LogP contribution is 2.26. The summed E-state index contributed by atoms with van der Waals surface area (Å²) in [5, 5.41) is 3.39. The molecule has 0 aromatic carbocycles. The predicted molar refractivity (Wildman–Crippen MR) is 73.9 cm³/mol. The van der Waals surface area contributed by atoms with Crippen LogP contribution in [0.25, 0.3) is 0 Å². The Hall–Kier alpha value is -0.710. The third-order valence-corrected chi connectivity index (χ3v) is 3.55. The summed E-state index contributed by atoms with van der Waals surface area (Å²) >= 11 is 3.44. The van der Waals surface area contributed by atoms with E-state index in [1.54, 1.807) is 0 Å². The van der Waals surface area contributed by atoms with Crippen LogP contribution in [0.1, 0.15) is 18.0 Å². The van der Waals surface area contributed by atoms with Crippen molar-refractivity contribution in [3.63, 3.8) is 0 Å². The topological polar surface area (TPSA) is 28.2 Å². The molecule has 2 heterocycles. The van der Waals surface area contributed by atoms with Crippen molar-refractivity contribution in [2.24, 2.45) is 0 Å². The summed E-state index contributed by atoms with van der Waals surface area (Å²) in [6.07, 6.45) is 4.84. The molecule has 17 heavy (non-hydrogen) atoms. The monoisotopic (exact) mass is 295 g/mol. The average Bonchev–Trinajstić information content (AvgIpc) is 2.37. The molecule has 0 radical (unpaired) electrons. The highest BCUT2D eigenvalue weighted by atomic mass is 79.9. The van der Waals surface area contributed by atoms with Gasteiger partial charge in [-0.2, -0.15) is 0 Å². The van der Waals surface area contributed by atoms with E-state index < -0.39 is 0 Å². The van der Waals surface area contributed by atoms with E-state index >= 15 is 0 Å². The van der Waals surface area contributed by atoms with E-state index in [2.05, 4.69) is 49.8 Å². The lowest BCUT2D eigenvalue weighted by atomic mass is 10.0. The highest BCUT2D eigenvalue weighted by molar-refractivity contribution is 9.10. The lowest BCUT2D eigenvalue weighted by Crippen LogP contribution is -2.45. The smallest absolute Gasteiger partial charge is 0.106 e. The summed E-state index contributed by atoms with van der Waals surface area (Å²) in [4.78, 5) is 6.70. The van der Waals surface area contributed by atoms with Gasteiger partial charge in [0, 0.05) is 38.4 Å². The van der Waals surface area contributed by atoms with E-state index in [0.717, 1.165) is 37.2 Å². The van der Waals surface area contributed by atoms with Crippen LogP contribution in [0, 0.1) is 0 Å². The van der Waals surface area contributed by atoms with E-state index in [1.807, 2.05) is 12.3 Å². The first-order chi connectivity index (χ1) is 8.31. The summed E-state index contributed by atoms with van der Waals surface area (Å²) < 4.78 is 0.902. The minimum absolute atomic E-state index is 0.425. The molecular weight excluding hydrogens is 278 g/mol. The van der Waals surface area contributed by atoms with Crippen LogP contribution in [0.2, 0.25) is 0 Å². The Morgan fingerprint density at radius 3 is 2.94 bits per heavy atom. The summed E-state index contributed by atoms with van der Waals surface area (Å²) in [7, 11) is 0. The maximum atomic E-state index is 4.19. The second-order valence-corrected chi connectivity index (χ2v) is 5.05.